The van der Waals surface area contributed by atoms with Crippen molar-refractivity contribution in [1.29, 1.82) is 0 Å². The fourth-order valence-electron chi connectivity index (χ4n) is 4.16. The SMILES string of the molecule is CC1(c2ccc(Cl)c(Cl)c2)CC(c2ccc(C(=O)N[C@H]3C[C@@H]3c3ccccc3)cc2)=NO1. The minimum atomic E-state index is -0.613. The van der Waals surface area contributed by atoms with Crippen LogP contribution < -0.4 is 5.32 Å². The van der Waals surface area contributed by atoms with Crippen molar-refractivity contribution in [2.45, 2.75) is 37.3 Å². The standard InChI is InChI=1S/C26H22Cl2N2O2/c1-26(19-11-12-21(27)22(28)13-19)15-24(30-32-26)17-7-9-18(10-8-17)25(31)29-23-14-20(23)16-5-3-2-4-6-16/h2-13,20,23H,14-15H2,1H3,(H,29,31)/t20-,23+,26?/m1/s1. The van der Waals surface area contributed by atoms with E-state index >= 15 is 0 Å². The number of hydrogen-bond donors (Lipinski definition) is 1. The second-order valence-electron chi connectivity index (χ2n) is 8.58. The van der Waals surface area contributed by atoms with Gasteiger partial charge in [-0.3, -0.25) is 4.79 Å². The lowest BCUT2D eigenvalue weighted by atomic mass is 9.89. The summed E-state index contributed by atoms with van der Waals surface area (Å²) < 4.78 is 0. The van der Waals surface area contributed by atoms with E-state index in [2.05, 4.69) is 22.6 Å². The van der Waals surface area contributed by atoms with Crippen molar-refractivity contribution in [3.63, 3.8) is 0 Å². The summed E-state index contributed by atoms with van der Waals surface area (Å²) in [5.74, 6) is 0.355. The van der Waals surface area contributed by atoms with E-state index in [1.165, 1.54) is 5.56 Å². The van der Waals surface area contributed by atoms with Crippen molar-refractivity contribution < 1.29 is 9.63 Å². The molecule has 0 radical (unpaired) electrons. The number of hydrogen-bond acceptors (Lipinski definition) is 3. The van der Waals surface area contributed by atoms with E-state index in [0.29, 0.717) is 27.9 Å². The molecule has 3 aromatic carbocycles. The van der Waals surface area contributed by atoms with Crippen molar-refractivity contribution in [2.24, 2.45) is 5.16 Å². The van der Waals surface area contributed by atoms with Gasteiger partial charge in [0, 0.05) is 23.9 Å². The summed E-state index contributed by atoms with van der Waals surface area (Å²) in [6, 6.07) is 23.5. The van der Waals surface area contributed by atoms with Crippen molar-refractivity contribution >= 4 is 34.8 Å². The molecule has 1 unspecified atom stereocenters. The quantitative estimate of drug-likeness (QED) is 0.480. The summed E-state index contributed by atoms with van der Waals surface area (Å²) in [6.07, 6.45) is 1.58. The lowest BCUT2D eigenvalue weighted by Gasteiger charge is -2.22. The van der Waals surface area contributed by atoms with Gasteiger partial charge < -0.3 is 10.2 Å². The average molecular weight is 465 g/mol. The second-order valence-corrected chi connectivity index (χ2v) is 9.39. The molecule has 1 fully saturated rings. The van der Waals surface area contributed by atoms with Crippen LogP contribution in [-0.4, -0.2) is 17.7 Å². The predicted molar refractivity (Wildman–Crippen MR) is 128 cm³/mol. The molecule has 0 bridgehead atoms. The highest BCUT2D eigenvalue weighted by atomic mass is 35.5. The zero-order valence-electron chi connectivity index (χ0n) is 17.5. The minimum absolute atomic E-state index is 0.0507. The van der Waals surface area contributed by atoms with Gasteiger partial charge in [0.25, 0.3) is 5.91 Å². The van der Waals surface area contributed by atoms with Crippen LogP contribution in [0.5, 0.6) is 0 Å². The Kier molecular flexibility index (Phi) is 5.44. The summed E-state index contributed by atoms with van der Waals surface area (Å²) in [6.45, 7) is 1.98. The van der Waals surface area contributed by atoms with Gasteiger partial charge in [-0.15, -0.1) is 0 Å². The number of halogens is 2. The molecule has 0 spiro atoms. The molecule has 4 nitrogen and oxygen atoms in total. The zero-order chi connectivity index (χ0) is 22.3. The number of oxime groups is 1. The second kappa shape index (κ2) is 8.27. The molecule has 162 valence electrons. The largest absolute Gasteiger partial charge is 0.384 e. The molecule has 3 atom stereocenters. The third-order valence-corrected chi connectivity index (χ3v) is 6.95. The fourth-order valence-corrected chi connectivity index (χ4v) is 4.46. The number of carbonyl (C=O) groups excluding carboxylic acids is 1. The zero-order valence-corrected chi connectivity index (χ0v) is 19.0. The average Bonchev–Trinajstić information content (AvgIpc) is 3.46. The number of nitrogens with zero attached hydrogens (tertiary/aromatic N) is 1. The summed E-state index contributed by atoms with van der Waals surface area (Å²) >= 11 is 12.2. The van der Waals surface area contributed by atoms with Gasteiger partial charge >= 0.3 is 0 Å². The Morgan fingerprint density at radius 3 is 2.50 bits per heavy atom. The minimum Gasteiger partial charge on any atom is -0.384 e. The van der Waals surface area contributed by atoms with Crippen LogP contribution in [0, 0.1) is 0 Å². The molecule has 0 saturated heterocycles. The van der Waals surface area contributed by atoms with Gasteiger partial charge in [0.2, 0.25) is 0 Å². The highest BCUT2D eigenvalue weighted by Crippen LogP contribution is 2.41. The molecule has 1 heterocycles. The van der Waals surface area contributed by atoms with Crippen LogP contribution in [0.15, 0.2) is 78.0 Å². The molecule has 6 heteroatoms. The topological polar surface area (TPSA) is 50.7 Å². The lowest BCUT2D eigenvalue weighted by molar-refractivity contribution is -0.00737. The number of benzene rings is 3. The number of nitrogens with one attached hydrogen (secondary N) is 1. The normalized spacial score (nSPS) is 23.9. The first-order valence-corrected chi connectivity index (χ1v) is 11.4. The fraction of sp³-hybridized carbons (Fsp3) is 0.231. The van der Waals surface area contributed by atoms with Crippen LogP contribution in [0.2, 0.25) is 10.0 Å². The maximum absolute atomic E-state index is 12.7. The molecule has 1 amide bonds. The van der Waals surface area contributed by atoms with Crippen LogP contribution in [0.4, 0.5) is 0 Å². The molecule has 0 aromatic heterocycles. The summed E-state index contributed by atoms with van der Waals surface area (Å²) in [7, 11) is 0. The number of carbonyl (C=O) groups is 1. The van der Waals surface area contributed by atoms with E-state index in [9.17, 15) is 4.79 Å². The molecule has 1 aliphatic heterocycles. The van der Waals surface area contributed by atoms with Crippen molar-refractivity contribution in [3.8, 4) is 0 Å². The first-order valence-electron chi connectivity index (χ1n) is 10.6. The predicted octanol–water partition coefficient (Wildman–Crippen LogP) is 6.32. The molecule has 3 aromatic rings. The third-order valence-electron chi connectivity index (χ3n) is 6.21. The summed E-state index contributed by atoms with van der Waals surface area (Å²) in [4.78, 5) is 18.5. The van der Waals surface area contributed by atoms with E-state index in [1.54, 1.807) is 6.07 Å². The van der Waals surface area contributed by atoms with E-state index in [1.807, 2.05) is 61.5 Å². The van der Waals surface area contributed by atoms with Crippen LogP contribution >= 0.6 is 23.2 Å². The van der Waals surface area contributed by atoms with Crippen molar-refractivity contribution in [3.05, 3.63) is 105 Å². The Bertz CT molecular complexity index is 1190. The number of rotatable bonds is 5. The smallest absolute Gasteiger partial charge is 0.251 e. The van der Waals surface area contributed by atoms with E-state index < -0.39 is 5.60 Å². The van der Waals surface area contributed by atoms with E-state index in [-0.39, 0.29) is 11.9 Å². The van der Waals surface area contributed by atoms with Gasteiger partial charge in [-0.2, -0.15) is 0 Å². The van der Waals surface area contributed by atoms with Crippen molar-refractivity contribution in [1.82, 2.24) is 5.32 Å². The van der Waals surface area contributed by atoms with E-state index in [0.717, 1.165) is 23.3 Å². The van der Waals surface area contributed by atoms with Gasteiger partial charge in [0.1, 0.15) is 0 Å². The molecule has 1 aliphatic carbocycles. The highest BCUT2D eigenvalue weighted by Gasteiger charge is 2.40. The molecular formula is C26H22Cl2N2O2. The molecular weight excluding hydrogens is 443 g/mol. The number of amides is 1. The Hall–Kier alpha value is -2.82. The van der Waals surface area contributed by atoms with Gasteiger partial charge in [0.05, 0.1) is 15.8 Å². The van der Waals surface area contributed by atoms with Gasteiger partial charge in [-0.05, 0) is 54.3 Å². The maximum Gasteiger partial charge on any atom is 0.251 e. The van der Waals surface area contributed by atoms with Gasteiger partial charge in [-0.1, -0.05) is 76.9 Å². The molecule has 1 N–H and O–H groups in total. The summed E-state index contributed by atoms with van der Waals surface area (Å²) in [5, 5.41) is 8.44. The maximum atomic E-state index is 12.7. The first-order chi connectivity index (χ1) is 15.4. The lowest BCUT2D eigenvalue weighted by Crippen LogP contribution is -2.26. The van der Waals surface area contributed by atoms with Gasteiger partial charge in [0.15, 0.2) is 5.60 Å². The van der Waals surface area contributed by atoms with Crippen molar-refractivity contribution in [2.75, 3.05) is 0 Å². The van der Waals surface area contributed by atoms with Crippen LogP contribution in [-0.2, 0) is 10.4 Å². The third kappa shape index (κ3) is 4.13. The Labute approximate surface area is 197 Å². The molecule has 32 heavy (non-hydrogen) atoms. The van der Waals surface area contributed by atoms with Gasteiger partial charge in [-0.25, -0.2) is 0 Å². The van der Waals surface area contributed by atoms with E-state index in [4.69, 9.17) is 28.0 Å². The monoisotopic (exact) mass is 464 g/mol. The Morgan fingerprint density at radius 2 is 1.78 bits per heavy atom. The molecule has 5 rings (SSSR count). The first kappa shape index (κ1) is 21.0. The Morgan fingerprint density at radius 1 is 1.03 bits per heavy atom. The molecule has 1 saturated carbocycles. The Balaban J connectivity index is 1.22. The highest BCUT2D eigenvalue weighted by molar-refractivity contribution is 6.42. The van der Waals surface area contributed by atoms with Crippen LogP contribution in [0.1, 0.15) is 52.7 Å². The molecule has 2 aliphatic rings. The van der Waals surface area contributed by atoms with Crippen LogP contribution in [0.3, 0.4) is 0 Å². The summed E-state index contributed by atoms with van der Waals surface area (Å²) in [5.41, 5.74) is 3.98. The van der Waals surface area contributed by atoms with Crippen LogP contribution in [0.25, 0.3) is 0 Å².